The molecule has 148 valence electrons. The number of ether oxygens (including phenoxy) is 1. The van der Waals surface area contributed by atoms with Crippen molar-refractivity contribution in [2.75, 3.05) is 18.1 Å². The number of aryl methyl sites for hydroxylation is 1. The minimum atomic E-state index is -0.443. The lowest BCUT2D eigenvalue weighted by molar-refractivity contribution is 0.0884. The van der Waals surface area contributed by atoms with E-state index in [9.17, 15) is 9.90 Å². The minimum absolute atomic E-state index is 0.136. The zero-order valence-corrected chi connectivity index (χ0v) is 16.3. The first-order chi connectivity index (χ1) is 14.2. The predicted molar refractivity (Wildman–Crippen MR) is 110 cm³/mol. The van der Waals surface area contributed by atoms with Gasteiger partial charge in [-0.15, -0.1) is 0 Å². The number of fused-ring (bicyclic) bond motifs is 2. The van der Waals surface area contributed by atoms with E-state index in [0.29, 0.717) is 18.0 Å². The molecule has 2 heterocycles. The van der Waals surface area contributed by atoms with Gasteiger partial charge in [-0.3, -0.25) is 9.69 Å². The average Bonchev–Trinajstić information content (AvgIpc) is 3.36. The van der Waals surface area contributed by atoms with Crippen LogP contribution in [0.5, 0.6) is 5.75 Å². The second-order valence-electron chi connectivity index (χ2n) is 7.68. The van der Waals surface area contributed by atoms with Gasteiger partial charge in [-0.2, -0.15) is 5.10 Å². The second kappa shape index (κ2) is 7.04. The van der Waals surface area contributed by atoms with Gasteiger partial charge in [0.05, 0.1) is 24.5 Å². The van der Waals surface area contributed by atoms with Crippen molar-refractivity contribution in [1.82, 2.24) is 9.78 Å². The van der Waals surface area contributed by atoms with Crippen LogP contribution < -0.4 is 9.64 Å². The molecule has 1 unspecified atom stereocenters. The Kier molecular flexibility index (Phi) is 4.36. The van der Waals surface area contributed by atoms with Gasteiger partial charge in [0.2, 0.25) is 0 Å². The van der Waals surface area contributed by atoms with E-state index in [1.807, 2.05) is 41.1 Å². The van der Waals surface area contributed by atoms with Crippen molar-refractivity contribution in [3.05, 3.63) is 71.0 Å². The lowest BCUT2D eigenvalue weighted by Crippen LogP contribution is -2.45. The fourth-order valence-electron chi connectivity index (χ4n) is 4.22. The molecule has 0 saturated heterocycles. The van der Waals surface area contributed by atoms with E-state index in [-0.39, 0.29) is 12.5 Å². The van der Waals surface area contributed by atoms with Gasteiger partial charge in [0, 0.05) is 11.3 Å². The van der Waals surface area contributed by atoms with Crippen molar-refractivity contribution in [3.63, 3.8) is 0 Å². The van der Waals surface area contributed by atoms with Gasteiger partial charge in [0.1, 0.15) is 11.9 Å². The van der Waals surface area contributed by atoms with Crippen molar-refractivity contribution in [3.8, 4) is 11.4 Å². The van der Waals surface area contributed by atoms with Gasteiger partial charge in [0.25, 0.3) is 5.91 Å². The normalized spacial score (nSPS) is 17.6. The summed E-state index contributed by atoms with van der Waals surface area (Å²) in [5.41, 5.74) is 5.56. The van der Waals surface area contributed by atoms with Gasteiger partial charge in [-0.1, -0.05) is 29.8 Å². The van der Waals surface area contributed by atoms with Crippen LogP contribution in [0.1, 0.15) is 33.7 Å². The lowest BCUT2D eigenvalue weighted by Gasteiger charge is -2.33. The van der Waals surface area contributed by atoms with E-state index < -0.39 is 6.10 Å². The molecule has 1 N–H and O–H groups in total. The fourth-order valence-corrected chi connectivity index (χ4v) is 4.22. The van der Waals surface area contributed by atoms with Gasteiger partial charge < -0.3 is 9.84 Å². The molecule has 6 nitrogen and oxygen atoms in total. The summed E-state index contributed by atoms with van der Waals surface area (Å²) >= 11 is 0. The molecule has 5 rings (SSSR count). The highest BCUT2D eigenvalue weighted by molar-refractivity contribution is 6.07. The number of benzene rings is 2. The number of para-hydroxylation sites is 2. The number of amides is 1. The van der Waals surface area contributed by atoms with Gasteiger partial charge in [0.15, 0.2) is 5.69 Å². The van der Waals surface area contributed by atoms with Crippen LogP contribution in [0, 0.1) is 6.92 Å². The number of hydrogen-bond acceptors (Lipinski definition) is 4. The van der Waals surface area contributed by atoms with Crippen LogP contribution in [0.2, 0.25) is 0 Å². The maximum atomic E-state index is 13.6. The zero-order valence-electron chi connectivity index (χ0n) is 16.3. The number of carbonyl (C=O) groups excluding carboxylic acids is 1. The van der Waals surface area contributed by atoms with E-state index in [0.717, 1.165) is 41.9 Å². The molecule has 3 aromatic rings. The third-order valence-corrected chi connectivity index (χ3v) is 5.70. The van der Waals surface area contributed by atoms with E-state index in [2.05, 4.69) is 19.1 Å². The minimum Gasteiger partial charge on any atom is -0.484 e. The Morgan fingerprint density at radius 3 is 2.76 bits per heavy atom. The highest BCUT2D eigenvalue weighted by Crippen LogP contribution is 2.35. The smallest absolute Gasteiger partial charge is 0.279 e. The molecule has 0 spiro atoms. The molecular weight excluding hydrogens is 366 g/mol. The van der Waals surface area contributed by atoms with Crippen LogP contribution in [0.15, 0.2) is 48.5 Å². The van der Waals surface area contributed by atoms with Crippen LogP contribution in [0.25, 0.3) is 5.69 Å². The molecule has 1 amide bonds. The molecule has 2 aliphatic rings. The molecule has 1 aliphatic heterocycles. The summed E-state index contributed by atoms with van der Waals surface area (Å²) in [5, 5.41) is 14.4. The molecule has 0 bridgehead atoms. The van der Waals surface area contributed by atoms with Crippen molar-refractivity contribution in [1.29, 1.82) is 0 Å². The van der Waals surface area contributed by atoms with Gasteiger partial charge in [-0.05, 0) is 50.5 Å². The largest absolute Gasteiger partial charge is 0.484 e. The van der Waals surface area contributed by atoms with Crippen molar-refractivity contribution in [2.24, 2.45) is 0 Å². The monoisotopic (exact) mass is 389 g/mol. The first-order valence-corrected chi connectivity index (χ1v) is 10.0. The zero-order chi connectivity index (χ0) is 20.0. The maximum Gasteiger partial charge on any atom is 0.279 e. The Morgan fingerprint density at radius 2 is 1.97 bits per heavy atom. The number of hydrogen-bond donors (Lipinski definition) is 1. The van der Waals surface area contributed by atoms with E-state index in [1.54, 1.807) is 4.90 Å². The highest BCUT2D eigenvalue weighted by atomic mass is 16.5. The fraction of sp³-hybridized carbons (Fsp3) is 0.304. The Morgan fingerprint density at radius 1 is 1.17 bits per heavy atom. The van der Waals surface area contributed by atoms with Crippen LogP contribution >= 0.6 is 0 Å². The summed E-state index contributed by atoms with van der Waals surface area (Å²) in [4.78, 5) is 15.3. The standard InChI is InChI=1S/C23H23N3O3/c1-15-9-11-16(12-10-15)26-19-7-4-5-18(19)22(24-26)23(28)25-13-17(14-27)29-21-8-3-2-6-20(21)25/h2-3,6,8-12,17,27H,4-5,7,13-14H2,1H3. The summed E-state index contributed by atoms with van der Waals surface area (Å²) in [6.07, 6.45) is 2.36. The second-order valence-corrected chi connectivity index (χ2v) is 7.68. The molecule has 0 radical (unpaired) electrons. The van der Waals surface area contributed by atoms with Crippen LogP contribution in [0.3, 0.4) is 0 Å². The molecular formula is C23H23N3O3. The summed E-state index contributed by atoms with van der Waals surface area (Å²) < 4.78 is 7.73. The number of aliphatic hydroxyl groups excluding tert-OH is 1. The molecule has 1 aromatic heterocycles. The van der Waals surface area contributed by atoms with Crippen molar-refractivity contribution >= 4 is 11.6 Å². The molecule has 2 aromatic carbocycles. The molecule has 1 atom stereocenters. The number of aromatic nitrogens is 2. The predicted octanol–water partition coefficient (Wildman–Crippen LogP) is 3.07. The summed E-state index contributed by atoms with van der Waals surface area (Å²) in [6.45, 7) is 2.21. The van der Waals surface area contributed by atoms with Gasteiger partial charge in [-0.25, -0.2) is 4.68 Å². The van der Waals surface area contributed by atoms with E-state index in [4.69, 9.17) is 9.84 Å². The Hall–Kier alpha value is -3.12. The number of aliphatic hydroxyl groups is 1. The topological polar surface area (TPSA) is 67.6 Å². The Bertz CT molecular complexity index is 1070. The highest BCUT2D eigenvalue weighted by Gasteiger charge is 2.34. The van der Waals surface area contributed by atoms with Crippen LogP contribution in [0.4, 0.5) is 5.69 Å². The maximum absolute atomic E-state index is 13.6. The summed E-state index contributed by atoms with van der Waals surface area (Å²) in [6, 6.07) is 15.7. The third-order valence-electron chi connectivity index (χ3n) is 5.70. The number of anilines is 1. The van der Waals surface area contributed by atoms with Crippen molar-refractivity contribution in [2.45, 2.75) is 32.3 Å². The third kappa shape index (κ3) is 3.00. The molecule has 6 heteroatoms. The number of nitrogens with zero attached hydrogens (tertiary/aromatic N) is 3. The Balaban J connectivity index is 1.57. The van der Waals surface area contributed by atoms with E-state index in [1.165, 1.54) is 5.56 Å². The molecule has 0 fully saturated rings. The quantitative estimate of drug-likeness (QED) is 0.748. The van der Waals surface area contributed by atoms with E-state index >= 15 is 0 Å². The first kappa shape index (κ1) is 17.9. The molecule has 1 aliphatic carbocycles. The molecule has 29 heavy (non-hydrogen) atoms. The summed E-state index contributed by atoms with van der Waals surface area (Å²) in [7, 11) is 0. The lowest BCUT2D eigenvalue weighted by atomic mass is 10.1. The van der Waals surface area contributed by atoms with Crippen LogP contribution in [-0.4, -0.2) is 40.0 Å². The number of rotatable bonds is 3. The average molecular weight is 389 g/mol. The number of carbonyl (C=O) groups is 1. The van der Waals surface area contributed by atoms with Crippen LogP contribution in [-0.2, 0) is 12.8 Å². The van der Waals surface area contributed by atoms with Crippen molar-refractivity contribution < 1.29 is 14.6 Å². The SMILES string of the molecule is Cc1ccc(-n2nc(C(=O)N3CC(CO)Oc4ccccc43)c3c2CCC3)cc1. The Labute approximate surface area is 169 Å². The first-order valence-electron chi connectivity index (χ1n) is 10.0. The molecule has 0 saturated carbocycles. The van der Waals surface area contributed by atoms with Gasteiger partial charge >= 0.3 is 0 Å². The summed E-state index contributed by atoms with van der Waals surface area (Å²) in [5.74, 6) is 0.476.